The summed E-state index contributed by atoms with van der Waals surface area (Å²) in [4.78, 5) is 4.21. The zero-order chi connectivity index (χ0) is 14.7. The summed E-state index contributed by atoms with van der Waals surface area (Å²) < 4.78 is 13.1. The average Bonchev–Trinajstić information content (AvgIpc) is 2.39. The van der Waals surface area contributed by atoms with Crippen molar-refractivity contribution in [3.8, 4) is 0 Å². The van der Waals surface area contributed by atoms with Crippen LogP contribution in [0.5, 0.6) is 0 Å². The topological polar surface area (TPSA) is 50.9 Å². The lowest BCUT2D eigenvalue weighted by atomic mass is 9.99. The Bertz CT molecular complexity index is 619. The van der Waals surface area contributed by atoms with E-state index in [0.29, 0.717) is 22.2 Å². The molecule has 106 valence electrons. The summed E-state index contributed by atoms with van der Waals surface area (Å²) in [5.41, 5.74) is 5.13. The van der Waals surface area contributed by atoms with Crippen LogP contribution in [0.2, 0.25) is 10.0 Å². The van der Waals surface area contributed by atoms with Gasteiger partial charge in [0.05, 0.1) is 21.8 Å². The first-order chi connectivity index (χ1) is 9.51. The quantitative estimate of drug-likeness (QED) is 0.670. The second-order valence-electron chi connectivity index (χ2n) is 4.51. The molecule has 0 spiro atoms. The molecule has 6 heteroatoms. The molecule has 0 saturated carbocycles. The molecular weight excluding hydrogens is 300 g/mol. The molecule has 1 aromatic heterocycles. The van der Waals surface area contributed by atoms with Gasteiger partial charge in [-0.3, -0.25) is 16.3 Å². The molecular formula is C14H14Cl2FN3. The van der Waals surface area contributed by atoms with Crippen molar-refractivity contribution in [3.63, 3.8) is 0 Å². The maximum absolute atomic E-state index is 13.1. The Morgan fingerprint density at radius 3 is 2.70 bits per heavy atom. The van der Waals surface area contributed by atoms with E-state index in [9.17, 15) is 4.39 Å². The predicted octanol–water partition coefficient (Wildman–Crippen LogP) is 3.58. The van der Waals surface area contributed by atoms with Gasteiger partial charge < -0.3 is 0 Å². The molecule has 0 aliphatic heterocycles. The van der Waals surface area contributed by atoms with Gasteiger partial charge in [-0.15, -0.1) is 0 Å². The first-order valence-electron chi connectivity index (χ1n) is 6.03. The number of nitrogens with zero attached hydrogens (tertiary/aromatic N) is 1. The number of hydrazine groups is 1. The summed E-state index contributed by atoms with van der Waals surface area (Å²) in [5.74, 6) is 5.33. The molecule has 3 nitrogen and oxygen atoms in total. The molecule has 0 aliphatic rings. The van der Waals surface area contributed by atoms with Crippen molar-refractivity contribution in [3.05, 3.63) is 63.1 Å². The smallest absolute Gasteiger partial charge is 0.123 e. The minimum Gasteiger partial charge on any atom is -0.271 e. The molecule has 0 saturated heterocycles. The van der Waals surface area contributed by atoms with Crippen LogP contribution in [0.25, 0.3) is 0 Å². The average molecular weight is 314 g/mol. The fraction of sp³-hybridized carbons (Fsp3) is 0.214. The maximum Gasteiger partial charge on any atom is 0.123 e. The largest absolute Gasteiger partial charge is 0.271 e. The molecule has 0 fully saturated rings. The van der Waals surface area contributed by atoms with E-state index in [2.05, 4.69) is 10.4 Å². The number of benzene rings is 1. The van der Waals surface area contributed by atoms with Crippen molar-refractivity contribution in [2.24, 2.45) is 5.84 Å². The molecule has 2 rings (SSSR count). The van der Waals surface area contributed by atoms with Gasteiger partial charge in [0.25, 0.3) is 0 Å². The highest BCUT2D eigenvalue weighted by Crippen LogP contribution is 2.26. The fourth-order valence-corrected chi connectivity index (χ4v) is 2.54. The van der Waals surface area contributed by atoms with Crippen LogP contribution < -0.4 is 11.3 Å². The number of hydrogen-bond acceptors (Lipinski definition) is 3. The van der Waals surface area contributed by atoms with E-state index in [1.54, 1.807) is 12.1 Å². The number of hydrogen-bond donors (Lipinski definition) is 2. The Hall–Kier alpha value is -1.20. The maximum atomic E-state index is 13.1. The Labute approximate surface area is 126 Å². The summed E-state index contributed by atoms with van der Waals surface area (Å²) in [6, 6.07) is 5.99. The van der Waals surface area contributed by atoms with E-state index in [0.717, 1.165) is 11.1 Å². The number of aromatic nitrogens is 1. The van der Waals surface area contributed by atoms with Crippen molar-refractivity contribution in [1.29, 1.82) is 0 Å². The van der Waals surface area contributed by atoms with Crippen LogP contribution in [0.1, 0.15) is 22.9 Å². The van der Waals surface area contributed by atoms with Crippen LogP contribution in [-0.2, 0) is 6.42 Å². The minimum absolute atomic E-state index is 0.258. The summed E-state index contributed by atoms with van der Waals surface area (Å²) in [5, 5.41) is 0.910. The predicted molar refractivity (Wildman–Crippen MR) is 79.2 cm³/mol. The number of pyridine rings is 1. The van der Waals surface area contributed by atoms with E-state index in [1.165, 1.54) is 18.3 Å². The molecule has 0 radical (unpaired) electrons. The van der Waals surface area contributed by atoms with Gasteiger partial charge in [0.15, 0.2) is 0 Å². The Kier molecular flexibility index (Phi) is 4.94. The lowest BCUT2D eigenvalue weighted by Gasteiger charge is -2.18. The third-order valence-corrected chi connectivity index (χ3v) is 3.61. The summed E-state index contributed by atoms with van der Waals surface area (Å²) in [6.45, 7) is 1.85. The molecule has 1 atom stereocenters. The van der Waals surface area contributed by atoms with Crippen LogP contribution in [0, 0.1) is 12.7 Å². The molecule has 0 amide bonds. The van der Waals surface area contributed by atoms with Gasteiger partial charge in [-0.2, -0.15) is 0 Å². The van der Waals surface area contributed by atoms with E-state index < -0.39 is 0 Å². The fourth-order valence-electron chi connectivity index (χ4n) is 2.02. The third kappa shape index (κ3) is 3.46. The van der Waals surface area contributed by atoms with Crippen LogP contribution in [0.3, 0.4) is 0 Å². The van der Waals surface area contributed by atoms with E-state index in [4.69, 9.17) is 29.0 Å². The summed E-state index contributed by atoms with van der Waals surface area (Å²) >= 11 is 12.0. The van der Waals surface area contributed by atoms with Crippen LogP contribution in [0.15, 0.2) is 30.5 Å². The normalized spacial score (nSPS) is 12.4. The molecule has 20 heavy (non-hydrogen) atoms. The monoisotopic (exact) mass is 313 g/mol. The Morgan fingerprint density at radius 1 is 1.35 bits per heavy atom. The van der Waals surface area contributed by atoms with Crippen LogP contribution >= 0.6 is 23.2 Å². The summed E-state index contributed by atoms with van der Waals surface area (Å²) in [6.07, 6.45) is 2.07. The van der Waals surface area contributed by atoms with E-state index in [-0.39, 0.29) is 11.9 Å². The minimum atomic E-state index is -0.274. The zero-order valence-corrected chi connectivity index (χ0v) is 12.3. The van der Waals surface area contributed by atoms with Crippen molar-refractivity contribution < 1.29 is 4.39 Å². The molecule has 0 aliphatic carbocycles. The van der Waals surface area contributed by atoms with Crippen LogP contribution in [-0.4, -0.2) is 4.98 Å². The second-order valence-corrected chi connectivity index (χ2v) is 5.36. The molecule has 3 N–H and O–H groups in total. The van der Waals surface area contributed by atoms with Gasteiger partial charge >= 0.3 is 0 Å². The molecule has 1 heterocycles. The lowest BCUT2D eigenvalue weighted by molar-refractivity contribution is 0.536. The first-order valence-corrected chi connectivity index (χ1v) is 6.79. The van der Waals surface area contributed by atoms with E-state index in [1.807, 2.05) is 6.92 Å². The molecule has 1 unspecified atom stereocenters. The highest BCUT2D eigenvalue weighted by Gasteiger charge is 2.17. The Morgan fingerprint density at radius 2 is 2.10 bits per heavy atom. The number of aryl methyl sites for hydroxylation is 1. The second kappa shape index (κ2) is 6.50. The number of nitrogens with one attached hydrogen (secondary N) is 1. The number of rotatable bonds is 4. The van der Waals surface area contributed by atoms with Crippen molar-refractivity contribution in [2.45, 2.75) is 19.4 Å². The standard InChI is InChI=1S/C14H14Cl2FN3/c1-8-4-11(17)3-2-9(8)5-13(20-18)14-12(16)6-10(15)7-19-14/h2-4,6-7,13,20H,5,18H2,1H3. The lowest BCUT2D eigenvalue weighted by Crippen LogP contribution is -2.30. The van der Waals surface area contributed by atoms with Gasteiger partial charge in [-0.1, -0.05) is 29.3 Å². The zero-order valence-electron chi connectivity index (χ0n) is 10.8. The summed E-state index contributed by atoms with van der Waals surface area (Å²) in [7, 11) is 0. The molecule has 0 bridgehead atoms. The van der Waals surface area contributed by atoms with E-state index >= 15 is 0 Å². The number of halogens is 3. The number of nitrogens with two attached hydrogens (primary N) is 1. The highest BCUT2D eigenvalue weighted by molar-refractivity contribution is 6.34. The van der Waals surface area contributed by atoms with Gasteiger partial charge in [0.1, 0.15) is 5.82 Å². The van der Waals surface area contributed by atoms with Crippen LogP contribution in [0.4, 0.5) is 4.39 Å². The van der Waals surface area contributed by atoms with Crippen molar-refractivity contribution in [2.75, 3.05) is 0 Å². The van der Waals surface area contributed by atoms with Gasteiger partial charge in [-0.25, -0.2) is 4.39 Å². The molecule has 2 aromatic rings. The van der Waals surface area contributed by atoms with Crippen molar-refractivity contribution >= 4 is 23.2 Å². The highest BCUT2D eigenvalue weighted by atomic mass is 35.5. The van der Waals surface area contributed by atoms with Gasteiger partial charge in [0, 0.05) is 6.20 Å². The third-order valence-electron chi connectivity index (χ3n) is 3.10. The SMILES string of the molecule is Cc1cc(F)ccc1CC(NN)c1ncc(Cl)cc1Cl. The van der Waals surface area contributed by atoms with Crippen molar-refractivity contribution in [1.82, 2.24) is 10.4 Å². The Balaban J connectivity index is 2.28. The first kappa shape index (κ1) is 15.2. The van der Waals surface area contributed by atoms with Gasteiger partial charge in [-0.05, 0) is 42.7 Å². The molecule has 1 aromatic carbocycles. The van der Waals surface area contributed by atoms with Gasteiger partial charge in [0.2, 0.25) is 0 Å².